The van der Waals surface area contributed by atoms with E-state index >= 15 is 0 Å². The maximum absolute atomic E-state index is 12.1. The smallest absolute Gasteiger partial charge is 0.278 e. The molecule has 0 saturated heterocycles. The summed E-state index contributed by atoms with van der Waals surface area (Å²) in [6.07, 6.45) is 0. The zero-order valence-electron chi connectivity index (χ0n) is 12.5. The Morgan fingerprint density at radius 2 is 1.83 bits per heavy atom. The van der Waals surface area contributed by atoms with Crippen LogP contribution in [0.15, 0.2) is 27.8 Å². The van der Waals surface area contributed by atoms with E-state index in [1.165, 1.54) is 30.8 Å². The monoisotopic (exact) mass is 316 g/mol. The van der Waals surface area contributed by atoms with Crippen LogP contribution in [0.2, 0.25) is 0 Å². The van der Waals surface area contributed by atoms with Crippen molar-refractivity contribution in [1.29, 1.82) is 0 Å². The van der Waals surface area contributed by atoms with Crippen LogP contribution in [0.1, 0.15) is 5.56 Å². The minimum Gasteiger partial charge on any atom is -0.278 e. The van der Waals surface area contributed by atoms with Gasteiger partial charge in [-0.1, -0.05) is 6.07 Å². The molecular weight excluding hydrogens is 304 g/mol. The lowest BCUT2D eigenvalue weighted by molar-refractivity contribution is -0.384. The van der Waals surface area contributed by atoms with Crippen LogP contribution >= 0.6 is 0 Å². The topological polar surface area (TPSA) is 118 Å². The van der Waals surface area contributed by atoms with Crippen molar-refractivity contribution in [2.45, 2.75) is 6.92 Å². The summed E-state index contributed by atoms with van der Waals surface area (Å²) in [6, 6.07) is 4.56. The van der Waals surface area contributed by atoms with E-state index in [0.29, 0.717) is 5.56 Å². The molecule has 1 aromatic carbocycles. The average Bonchev–Trinajstić information content (AvgIpc) is 2.96. The predicted octanol–water partition coefficient (Wildman–Crippen LogP) is 0.0345. The molecule has 118 valence electrons. The molecule has 0 amide bonds. The van der Waals surface area contributed by atoms with Crippen molar-refractivity contribution >= 4 is 16.9 Å². The lowest BCUT2D eigenvalue weighted by Gasteiger charge is -2.02. The first-order valence-electron chi connectivity index (χ1n) is 6.59. The second kappa shape index (κ2) is 4.87. The molecule has 0 atom stereocenters. The number of benzene rings is 1. The molecule has 2 aromatic heterocycles. The zero-order valence-corrected chi connectivity index (χ0v) is 12.5. The normalized spacial score (nSPS) is 11.1. The van der Waals surface area contributed by atoms with E-state index in [2.05, 4.69) is 10.2 Å². The molecule has 3 aromatic rings. The molecule has 2 heterocycles. The van der Waals surface area contributed by atoms with E-state index in [1.807, 2.05) is 0 Å². The Kier molecular flexibility index (Phi) is 3.09. The van der Waals surface area contributed by atoms with Gasteiger partial charge < -0.3 is 0 Å². The van der Waals surface area contributed by atoms with Crippen LogP contribution in [-0.2, 0) is 14.1 Å². The van der Waals surface area contributed by atoms with Crippen LogP contribution in [0.25, 0.3) is 16.9 Å². The van der Waals surface area contributed by atoms with Gasteiger partial charge in [-0.15, -0.1) is 15.0 Å². The summed E-state index contributed by atoms with van der Waals surface area (Å²) < 4.78 is 2.07. The minimum absolute atomic E-state index is 0.0375. The van der Waals surface area contributed by atoms with E-state index in [4.69, 9.17) is 0 Å². The predicted molar refractivity (Wildman–Crippen MR) is 80.7 cm³/mol. The number of rotatable bonds is 2. The van der Waals surface area contributed by atoms with Gasteiger partial charge in [-0.3, -0.25) is 24.0 Å². The number of nitrogens with zero attached hydrogens (tertiary/aromatic N) is 6. The number of nitro benzene ring substituents is 1. The van der Waals surface area contributed by atoms with Gasteiger partial charge in [0.1, 0.15) is 0 Å². The lowest BCUT2D eigenvalue weighted by Crippen LogP contribution is -2.36. The maximum Gasteiger partial charge on any atom is 0.332 e. The van der Waals surface area contributed by atoms with Crippen LogP contribution in [0.5, 0.6) is 0 Å². The first kappa shape index (κ1) is 14.6. The van der Waals surface area contributed by atoms with Gasteiger partial charge in [-0.25, -0.2) is 4.79 Å². The molecule has 10 heteroatoms. The molecular formula is C13H12N6O4. The van der Waals surface area contributed by atoms with E-state index < -0.39 is 16.2 Å². The van der Waals surface area contributed by atoms with Crippen molar-refractivity contribution in [2.24, 2.45) is 14.1 Å². The summed E-state index contributed by atoms with van der Waals surface area (Å²) in [5.41, 5.74) is -0.492. The van der Waals surface area contributed by atoms with E-state index in [-0.39, 0.29) is 22.5 Å². The van der Waals surface area contributed by atoms with Gasteiger partial charge >= 0.3 is 5.69 Å². The summed E-state index contributed by atoms with van der Waals surface area (Å²) >= 11 is 0. The molecule has 0 saturated carbocycles. The van der Waals surface area contributed by atoms with Crippen molar-refractivity contribution in [2.75, 3.05) is 0 Å². The zero-order chi connectivity index (χ0) is 16.9. The summed E-state index contributed by atoms with van der Waals surface area (Å²) in [5, 5.41) is 19.3. The van der Waals surface area contributed by atoms with Gasteiger partial charge in [-0.05, 0) is 18.6 Å². The van der Waals surface area contributed by atoms with Crippen molar-refractivity contribution in [3.63, 3.8) is 0 Å². The summed E-state index contributed by atoms with van der Waals surface area (Å²) in [4.78, 5) is 35.7. The van der Waals surface area contributed by atoms with Crippen LogP contribution in [0.3, 0.4) is 0 Å². The Hall–Kier alpha value is -3.30. The van der Waals surface area contributed by atoms with Crippen LogP contribution < -0.4 is 11.2 Å². The summed E-state index contributed by atoms with van der Waals surface area (Å²) in [5.74, 6) is 0. The first-order chi connectivity index (χ1) is 10.8. The molecule has 0 radical (unpaired) electrons. The summed E-state index contributed by atoms with van der Waals surface area (Å²) in [7, 11) is 2.78. The second-order valence-corrected chi connectivity index (χ2v) is 5.12. The molecule has 0 aliphatic carbocycles. The largest absolute Gasteiger partial charge is 0.332 e. The molecule has 0 spiro atoms. The van der Waals surface area contributed by atoms with Gasteiger partial charge in [0.25, 0.3) is 11.2 Å². The fourth-order valence-corrected chi connectivity index (χ4v) is 2.28. The van der Waals surface area contributed by atoms with E-state index in [9.17, 15) is 19.7 Å². The van der Waals surface area contributed by atoms with Crippen LogP contribution in [0.4, 0.5) is 5.69 Å². The van der Waals surface area contributed by atoms with E-state index in [0.717, 1.165) is 9.36 Å². The van der Waals surface area contributed by atoms with Crippen LogP contribution in [0, 0.1) is 17.0 Å². The van der Waals surface area contributed by atoms with Gasteiger partial charge in [-0.2, -0.15) is 0 Å². The molecule has 0 N–H and O–H groups in total. The molecule has 10 nitrogen and oxygen atoms in total. The van der Waals surface area contributed by atoms with Gasteiger partial charge in [0.05, 0.1) is 4.92 Å². The Morgan fingerprint density at radius 1 is 1.13 bits per heavy atom. The Morgan fingerprint density at radius 3 is 2.48 bits per heavy atom. The number of hydrogen-bond donors (Lipinski definition) is 0. The maximum atomic E-state index is 12.1. The average molecular weight is 316 g/mol. The molecule has 23 heavy (non-hydrogen) atoms. The number of aromatic nitrogens is 5. The minimum atomic E-state index is -0.607. The third kappa shape index (κ3) is 2.11. The number of hydrogen-bond acceptors (Lipinski definition) is 6. The van der Waals surface area contributed by atoms with E-state index in [1.54, 1.807) is 13.0 Å². The SMILES string of the molecule is Cc1ccc(-n2nc3c(=O)n(C)c(=O)n(C)c3n2)c([N+](=O)[O-])c1. The molecule has 0 fully saturated rings. The highest BCUT2D eigenvalue weighted by molar-refractivity contribution is 5.69. The Balaban J connectivity index is 2.38. The third-order valence-electron chi connectivity index (χ3n) is 3.54. The molecule has 0 unspecified atom stereocenters. The Bertz CT molecular complexity index is 1070. The third-order valence-corrected chi connectivity index (χ3v) is 3.54. The lowest BCUT2D eigenvalue weighted by atomic mass is 10.2. The highest BCUT2D eigenvalue weighted by Gasteiger charge is 2.20. The van der Waals surface area contributed by atoms with Crippen molar-refractivity contribution in [3.8, 4) is 5.69 Å². The fourth-order valence-electron chi connectivity index (χ4n) is 2.28. The quantitative estimate of drug-likeness (QED) is 0.486. The second-order valence-electron chi connectivity index (χ2n) is 5.12. The summed E-state index contributed by atoms with van der Waals surface area (Å²) in [6.45, 7) is 1.73. The molecule has 3 rings (SSSR count). The standard InChI is InChI=1S/C13H12N6O4/c1-7-4-5-8(9(6-7)19(22)23)18-14-10-11(15-18)16(2)13(21)17(3)12(10)20/h4-6H,1-3H3. The Labute approximate surface area is 128 Å². The molecule has 0 bridgehead atoms. The van der Waals surface area contributed by atoms with Crippen molar-refractivity contribution < 1.29 is 4.92 Å². The van der Waals surface area contributed by atoms with Crippen molar-refractivity contribution in [1.82, 2.24) is 24.1 Å². The highest BCUT2D eigenvalue weighted by atomic mass is 16.6. The highest BCUT2D eigenvalue weighted by Crippen LogP contribution is 2.23. The first-order valence-corrected chi connectivity index (χ1v) is 6.59. The van der Waals surface area contributed by atoms with Gasteiger partial charge in [0.2, 0.25) is 0 Å². The van der Waals surface area contributed by atoms with Gasteiger partial charge in [0, 0.05) is 20.2 Å². The number of fused-ring (bicyclic) bond motifs is 1. The molecule has 0 aliphatic rings. The number of nitro groups is 1. The molecule has 0 aliphatic heterocycles. The van der Waals surface area contributed by atoms with Gasteiger partial charge in [0.15, 0.2) is 16.9 Å². The number of aryl methyl sites for hydroxylation is 2. The van der Waals surface area contributed by atoms with Crippen LogP contribution in [-0.4, -0.2) is 29.1 Å². The van der Waals surface area contributed by atoms with Crippen molar-refractivity contribution in [3.05, 3.63) is 54.7 Å². The fraction of sp³-hybridized carbons (Fsp3) is 0.231.